The third-order valence-corrected chi connectivity index (χ3v) is 9.28. The molecule has 0 fully saturated rings. The summed E-state index contributed by atoms with van der Waals surface area (Å²) >= 11 is 0. The second kappa shape index (κ2) is 9.62. The van der Waals surface area contributed by atoms with Gasteiger partial charge in [-0.1, -0.05) is 121 Å². The first-order valence-corrected chi connectivity index (χ1v) is 15.6. The second-order valence-electron chi connectivity index (χ2n) is 11.8. The zero-order chi connectivity index (χ0) is 30.2. The molecule has 0 atom stereocenters. The van der Waals surface area contributed by atoms with E-state index in [1.807, 2.05) is 24.3 Å². The number of rotatable bonds is 3. The maximum absolute atomic E-state index is 5.24. The fourth-order valence-corrected chi connectivity index (χ4v) is 7.31. The van der Waals surface area contributed by atoms with Crippen LogP contribution in [0.3, 0.4) is 0 Å². The number of hydrogen-bond acceptors (Lipinski definition) is 2. The molecular weight excluding hydrogens is 560 g/mol. The van der Waals surface area contributed by atoms with Crippen LogP contribution < -0.4 is 0 Å². The van der Waals surface area contributed by atoms with E-state index in [1.54, 1.807) is 0 Å². The molecule has 10 aromatic rings. The van der Waals surface area contributed by atoms with Crippen LogP contribution in [0.4, 0.5) is 0 Å². The summed E-state index contributed by atoms with van der Waals surface area (Å²) in [6.07, 6.45) is 0. The molecule has 0 aliphatic heterocycles. The Balaban J connectivity index is 1.38. The summed E-state index contributed by atoms with van der Waals surface area (Å²) in [5.41, 5.74) is 8.80. The van der Waals surface area contributed by atoms with Crippen LogP contribution in [0, 0.1) is 0 Å². The molecule has 0 aliphatic carbocycles. The summed E-state index contributed by atoms with van der Waals surface area (Å²) in [4.78, 5) is 10.3. The highest BCUT2D eigenvalue weighted by Crippen LogP contribution is 2.42. The van der Waals surface area contributed by atoms with Crippen LogP contribution in [-0.2, 0) is 0 Å². The molecular formula is C42H26N4. The molecule has 4 nitrogen and oxygen atoms in total. The lowest BCUT2D eigenvalue weighted by atomic mass is 10.00. The lowest BCUT2D eigenvalue weighted by Gasteiger charge is -2.13. The van der Waals surface area contributed by atoms with Gasteiger partial charge in [0.25, 0.3) is 0 Å². The molecule has 0 aliphatic rings. The van der Waals surface area contributed by atoms with Crippen molar-refractivity contribution >= 4 is 59.9 Å². The predicted octanol–water partition coefficient (Wildman–Crippen LogP) is 10.6. The number of pyridine rings is 1. The summed E-state index contributed by atoms with van der Waals surface area (Å²) in [5, 5.41) is 7.41. The minimum absolute atomic E-state index is 0.703. The Bertz CT molecular complexity index is 2730. The van der Waals surface area contributed by atoms with Crippen molar-refractivity contribution in [1.82, 2.24) is 18.9 Å². The van der Waals surface area contributed by atoms with Gasteiger partial charge in [-0.05, 0) is 35.7 Å². The predicted molar refractivity (Wildman–Crippen MR) is 191 cm³/mol. The number of aromatic nitrogens is 4. The van der Waals surface area contributed by atoms with Crippen molar-refractivity contribution in [3.63, 3.8) is 0 Å². The van der Waals surface area contributed by atoms with Crippen LogP contribution in [0.15, 0.2) is 158 Å². The first kappa shape index (κ1) is 25.1. The Hall–Kier alpha value is -6.26. The number of benzene rings is 6. The Morgan fingerprint density at radius 3 is 1.80 bits per heavy atom. The van der Waals surface area contributed by atoms with Crippen LogP contribution in [-0.4, -0.2) is 18.9 Å². The number of nitrogens with zero attached hydrogens (tertiary/aromatic N) is 4. The van der Waals surface area contributed by atoms with Gasteiger partial charge in [-0.15, -0.1) is 0 Å². The van der Waals surface area contributed by atoms with E-state index in [1.165, 1.54) is 48.9 Å². The van der Waals surface area contributed by atoms with Crippen molar-refractivity contribution in [2.24, 2.45) is 0 Å². The van der Waals surface area contributed by atoms with E-state index < -0.39 is 0 Å². The van der Waals surface area contributed by atoms with Crippen LogP contribution in [0.5, 0.6) is 0 Å². The molecule has 6 aromatic carbocycles. The highest BCUT2D eigenvalue weighted by molar-refractivity contribution is 6.30. The molecule has 0 radical (unpaired) electrons. The van der Waals surface area contributed by atoms with Gasteiger partial charge in [-0.25, -0.2) is 9.97 Å². The van der Waals surface area contributed by atoms with Gasteiger partial charge in [-0.3, -0.25) is 4.57 Å². The molecule has 0 saturated carbocycles. The summed E-state index contributed by atoms with van der Waals surface area (Å²) < 4.78 is 4.75. The zero-order valence-electron chi connectivity index (χ0n) is 24.8. The average molecular weight is 587 g/mol. The van der Waals surface area contributed by atoms with Gasteiger partial charge in [0.05, 0.1) is 33.3 Å². The number of para-hydroxylation sites is 2. The summed E-state index contributed by atoms with van der Waals surface area (Å²) in [6, 6.07) is 55.8. The van der Waals surface area contributed by atoms with Crippen LogP contribution >= 0.6 is 0 Å². The summed E-state index contributed by atoms with van der Waals surface area (Å²) in [5.74, 6) is 1.55. The van der Waals surface area contributed by atoms with Crippen LogP contribution in [0.1, 0.15) is 0 Å². The normalized spacial score (nSPS) is 11.9. The van der Waals surface area contributed by atoms with E-state index in [0.29, 0.717) is 5.82 Å². The van der Waals surface area contributed by atoms with Gasteiger partial charge in [0.15, 0.2) is 5.82 Å². The molecule has 0 N–H and O–H groups in total. The lowest BCUT2D eigenvalue weighted by Crippen LogP contribution is -2.02. The third-order valence-electron chi connectivity index (χ3n) is 9.28. The Kier molecular flexibility index (Phi) is 5.25. The van der Waals surface area contributed by atoms with Crippen molar-refractivity contribution in [2.45, 2.75) is 0 Å². The molecule has 10 rings (SSSR count). The van der Waals surface area contributed by atoms with Gasteiger partial charge in [0.2, 0.25) is 0 Å². The van der Waals surface area contributed by atoms with Crippen molar-refractivity contribution in [3.8, 4) is 28.5 Å². The SMILES string of the molecule is c1ccc(-c2cc(-n3c4ccccc4c4c5c6ccccc6c6cc7ccccc7n6c5ccc43)nc(-c3ccccc3)n2)cc1. The quantitative estimate of drug-likeness (QED) is 0.193. The molecule has 214 valence electrons. The minimum Gasteiger partial charge on any atom is -0.309 e. The van der Waals surface area contributed by atoms with Gasteiger partial charge in [0, 0.05) is 44.1 Å². The zero-order valence-corrected chi connectivity index (χ0v) is 24.8. The van der Waals surface area contributed by atoms with E-state index in [2.05, 4.69) is 142 Å². The van der Waals surface area contributed by atoms with E-state index >= 15 is 0 Å². The third kappa shape index (κ3) is 3.55. The summed E-state index contributed by atoms with van der Waals surface area (Å²) in [6.45, 7) is 0. The van der Waals surface area contributed by atoms with E-state index in [-0.39, 0.29) is 0 Å². The topological polar surface area (TPSA) is 35.1 Å². The molecule has 0 spiro atoms. The first-order chi connectivity index (χ1) is 22.8. The molecule has 0 amide bonds. The lowest BCUT2D eigenvalue weighted by molar-refractivity contribution is 1.05. The summed E-state index contributed by atoms with van der Waals surface area (Å²) in [7, 11) is 0. The Morgan fingerprint density at radius 1 is 0.391 bits per heavy atom. The van der Waals surface area contributed by atoms with Gasteiger partial charge >= 0.3 is 0 Å². The maximum Gasteiger partial charge on any atom is 0.162 e. The van der Waals surface area contributed by atoms with Crippen LogP contribution in [0.25, 0.3) is 88.4 Å². The van der Waals surface area contributed by atoms with Crippen molar-refractivity contribution in [3.05, 3.63) is 158 Å². The van der Waals surface area contributed by atoms with Gasteiger partial charge in [0.1, 0.15) is 5.82 Å². The fourth-order valence-electron chi connectivity index (χ4n) is 7.31. The number of hydrogen-bond donors (Lipinski definition) is 0. The Labute approximate surface area is 264 Å². The van der Waals surface area contributed by atoms with Crippen molar-refractivity contribution in [1.29, 1.82) is 0 Å². The van der Waals surface area contributed by atoms with E-state index in [0.717, 1.165) is 33.7 Å². The molecule has 46 heavy (non-hydrogen) atoms. The first-order valence-electron chi connectivity index (χ1n) is 15.6. The smallest absolute Gasteiger partial charge is 0.162 e. The Morgan fingerprint density at radius 2 is 1.00 bits per heavy atom. The molecule has 4 aromatic heterocycles. The molecule has 4 heterocycles. The van der Waals surface area contributed by atoms with Crippen molar-refractivity contribution < 1.29 is 0 Å². The van der Waals surface area contributed by atoms with Crippen molar-refractivity contribution in [2.75, 3.05) is 0 Å². The van der Waals surface area contributed by atoms with Gasteiger partial charge < -0.3 is 4.40 Å². The molecule has 0 unspecified atom stereocenters. The maximum atomic E-state index is 5.24. The molecule has 0 saturated heterocycles. The standard InChI is InChI=1S/C42H26N4/c1-3-13-27(14-4-1)33-26-39(44-42(43-33)28-15-5-2-6-16-28)46-35-22-12-10-20-32(35)41-37(46)24-23-36-40(41)31-19-9-8-18-30(31)38-25-29-17-7-11-21-34(29)45(36)38/h1-26H. The van der Waals surface area contributed by atoms with Gasteiger partial charge in [-0.2, -0.15) is 0 Å². The molecule has 0 bridgehead atoms. The van der Waals surface area contributed by atoms with Crippen LogP contribution in [0.2, 0.25) is 0 Å². The average Bonchev–Trinajstić information content (AvgIpc) is 3.69. The monoisotopic (exact) mass is 586 g/mol. The van der Waals surface area contributed by atoms with E-state index in [4.69, 9.17) is 9.97 Å². The fraction of sp³-hybridized carbons (Fsp3) is 0. The molecule has 4 heteroatoms. The minimum atomic E-state index is 0.703. The largest absolute Gasteiger partial charge is 0.309 e. The number of fused-ring (bicyclic) bond motifs is 12. The second-order valence-corrected chi connectivity index (χ2v) is 11.8. The highest BCUT2D eigenvalue weighted by atomic mass is 15.1. The highest BCUT2D eigenvalue weighted by Gasteiger charge is 2.21. The van der Waals surface area contributed by atoms with E-state index in [9.17, 15) is 0 Å².